The van der Waals surface area contributed by atoms with Gasteiger partial charge in [0.15, 0.2) is 14.6 Å². The molecule has 3 aromatic rings. The average Bonchev–Trinajstić information content (AvgIpc) is 3.04. The SMILES string of the molecule is C=CCn1c(=NC(=O)Cc2ccc(S(C)(=O)=O)cc2)sc2cc(C(=O)OCC)ccc21. The van der Waals surface area contributed by atoms with Gasteiger partial charge in [0.05, 0.1) is 33.7 Å². The number of benzene rings is 2. The van der Waals surface area contributed by atoms with Gasteiger partial charge in [0.1, 0.15) is 0 Å². The Hall–Kier alpha value is -3.04. The van der Waals surface area contributed by atoms with Crippen LogP contribution < -0.4 is 4.80 Å². The van der Waals surface area contributed by atoms with Crippen molar-refractivity contribution in [1.82, 2.24) is 4.57 Å². The molecule has 0 saturated heterocycles. The minimum atomic E-state index is -3.29. The third-order valence-corrected chi connectivity index (χ3v) is 6.60. The molecule has 0 N–H and O–H groups in total. The molecule has 0 bridgehead atoms. The van der Waals surface area contributed by atoms with Crippen LogP contribution in [-0.4, -0.2) is 37.7 Å². The zero-order valence-corrected chi connectivity index (χ0v) is 18.8. The van der Waals surface area contributed by atoms with Crippen molar-refractivity contribution in [2.24, 2.45) is 4.99 Å². The molecule has 31 heavy (non-hydrogen) atoms. The van der Waals surface area contributed by atoms with Crippen molar-refractivity contribution < 1.29 is 22.7 Å². The van der Waals surface area contributed by atoms with E-state index in [0.717, 1.165) is 16.5 Å². The molecule has 2 aromatic carbocycles. The van der Waals surface area contributed by atoms with Gasteiger partial charge in [-0.05, 0) is 42.8 Å². The first kappa shape index (κ1) is 22.6. The largest absolute Gasteiger partial charge is 0.462 e. The summed E-state index contributed by atoms with van der Waals surface area (Å²) in [5, 5.41) is 0. The second-order valence-corrected chi connectivity index (χ2v) is 9.81. The molecular formula is C22H22N2O5S2. The van der Waals surface area contributed by atoms with Crippen LogP contribution in [0.3, 0.4) is 0 Å². The van der Waals surface area contributed by atoms with Crippen LogP contribution in [0.1, 0.15) is 22.8 Å². The van der Waals surface area contributed by atoms with E-state index in [9.17, 15) is 18.0 Å². The number of sulfone groups is 1. The molecule has 0 radical (unpaired) electrons. The monoisotopic (exact) mass is 458 g/mol. The fraction of sp³-hybridized carbons (Fsp3) is 0.227. The molecule has 0 saturated carbocycles. The lowest BCUT2D eigenvalue weighted by Crippen LogP contribution is -2.17. The molecule has 0 unspecified atom stereocenters. The van der Waals surface area contributed by atoms with Crippen molar-refractivity contribution in [3.05, 3.63) is 71.0 Å². The van der Waals surface area contributed by atoms with Crippen LogP contribution in [0.2, 0.25) is 0 Å². The van der Waals surface area contributed by atoms with Crippen LogP contribution in [0.25, 0.3) is 10.2 Å². The van der Waals surface area contributed by atoms with Crippen LogP contribution in [-0.2, 0) is 32.3 Å². The molecule has 9 heteroatoms. The Bertz CT molecular complexity index is 1320. The summed E-state index contributed by atoms with van der Waals surface area (Å²) in [7, 11) is -3.29. The van der Waals surface area contributed by atoms with E-state index in [2.05, 4.69) is 11.6 Å². The zero-order valence-electron chi connectivity index (χ0n) is 17.2. The number of carbonyl (C=O) groups is 2. The van der Waals surface area contributed by atoms with E-state index < -0.39 is 15.8 Å². The normalized spacial score (nSPS) is 12.1. The summed E-state index contributed by atoms with van der Waals surface area (Å²) >= 11 is 1.30. The Morgan fingerprint density at radius 1 is 1.19 bits per heavy atom. The van der Waals surface area contributed by atoms with Gasteiger partial charge in [-0.2, -0.15) is 4.99 Å². The van der Waals surface area contributed by atoms with E-state index in [0.29, 0.717) is 22.5 Å². The van der Waals surface area contributed by atoms with E-state index in [-0.39, 0.29) is 23.8 Å². The summed E-state index contributed by atoms with van der Waals surface area (Å²) in [5.74, 6) is -0.762. The predicted octanol–water partition coefficient (Wildman–Crippen LogP) is 3.14. The highest BCUT2D eigenvalue weighted by Gasteiger charge is 2.13. The van der Waals surface area contributed by atoms with Crippen molar-refractivity contribution in [2.75, 3.05) is 12.9 Å². The van der Waals surface area contributed by atoms with Crippen molar-refractivity contribution in [2.45, 2.75) is 24.8 Å². The zero-order chi connectivity index (χ0) is 22.6. The number of thiazole rings is 1. The van der Waals surface area contributed by atoms with E-state index >= 15 is 0 Å². The molecule has 162 valence electrons. The van der Waals surface area contributed by atoms with Gasteiger partial charge in [-0.3, -0.25) is 4.79 Å². The van der Waals surface area contributed by atoms with Crippen LogP contribution in [0.15, 0.2) is 65.0 Å². The second-order valence-electron chi connectivity index (χ2n) is 6.79. The van der Waals surface area contributed by atoms with Gasteiger partial charge in [-0.25, -0.2) is 13.2 Å². The Morgan fingerprint density at radius 3 is 2.52 bits per heavy atom. The highest BCUT2D eigenvalue weighted by molar-refractivity contribution is 7.90. The highest BCUT2D eigenvalue weighted by Crippen LogP contribution is 2.20. The van der Waals surface area contributed by atoms with Gasteiger partial charge in [0, 0.05) is 12.8 Å². The van der Waals surface area contributed by atoms with Gasteiger partial charge in [-0.1, -0.05) is 29.5 Å². The lowest BCUT2D eigenvalue weighted by molar-refractivity contribution is -0.117. The molecule has 3 rings (SSSR count). The standard InChI is InChI=1S/C22H22N2O5S2/c1-4-12-24-18-11-8-16(21(26)29-5-2)14-19(18)30-22(24)23-20(25)13-15-6-9-17(10-7-15)31(3,27)28/h4,6-11,14H,1,5,12-13H2,2-3H3. The summed E-state index contributed by atoms with van der Waals surface area (Å²) in [6.45, 7) is 6.25. The van der Waals surface area contributed by atoms with E-state index in [1.807, 2.05) is 4.57 Å². The molecule has 0 fully saturated rings. The molecule has 7 nitrogen and oxygen atoms in total. The van der Waals surface area contributed by atoms with Crippen LogP contribution >= 0.6 is 11.3 Å². The minimum Gasteiger partial charge on any atom is -0.462 e. The number of nitrogens with zero attached hydrogens (tertiary/aromatic N) is 2. The fourth-order valence-corrected chi connectivity index (χ4v) is 4.71. The van der Waals surface area contributed by atoms with E-state index in [1.54, 1.807) is 43.3 Å². The number of hydrogen-bond acceptors (Lipinski definition) is 6. The number of carbonyl (C=O) groups excluding carboxylic acids is 2. The quantitative estimate of drug-likeness (QED) is 0.400. The van der Waals surface area contributed by atoms with Gasteiger partial charge in [0.25, 0.3) is 5.91 Å². The molecule has 0 spiro atoms. The predicted molar refractivity (Wildman–Crippen MR) is 120 cm³/mol. The first-order chi connectivity index (χ1) is 14.7. The number of allylic oxidation sites excluding steroid dienone is 1. The maximum absolute atomic E-state index is 12.6. The van der Waals surface area contributed by atoms with Crippen LogP contribution in [0.5, 0.6) is 0 Å². The first-order valence-corrected chi connectivity index (χ1v) is 12.2. The lowest BCUT2D eigenvalue weighted by atomic mass is 10.1. The molecular weight excluding hydrogens is 436 g/mol. The summed E-state index contributed by atoms with van der Waals surface area (Å²) < 4.78 is 30.8. The number of aromatic nitrogens is 1. The van der Waals surface area contributed by atoms with E-state index in [1.165, 1.54) is 23.5 Å². The number of rotatable bonds is 7. The van der Waals surface area contributed by atoms with E-state index in [4.69, 9.17) is 4.74 Å². The summed E-state index contributed by atoms with van der Waals surface area (Å²) in [6.07, 6.45) is 2.88. The number of fused-ring (bicyclic) bond motifs is 1. The average molecular weight is 459 g/mol. The van der Waals surface area contributed by atoms with Crippen LogP contribution in [0, 0.1) is 0 Å². The highest BCUT2D eigenvalue weighted by atomic mass is 32.2. The van der Waals surface area contributed by atoms with Crippen molar-refractivity contribution in [3.63, 3.8) is 0 Å². The number of esters is 1. The molecule has 0 aliphatic carbocycles. The second kappa shape index (κ2) is 9.40. The summed E-state index contributed by atoms with van der Waals surface area (Å²) in [5.41, 5.74) is 1.94. The van der Waals surface area contributed by atoms with Gasteiger partial charge >= 0.3 is 5.97 Å². The summed E-state index contributed by atoms with van der Waals surface area (Å²) in [6, 6.07) is 11.4. The maximum Gasteiger partial charge on any atom is 0.338 e. The maximum atomic E-state index is 12.6. The Kier molecular flexibility index (Phi) is 6.87. The van der Waals surface area contributed by atoms with Crippen molar-refractivity contribution in [3.8, 4) is 0 Å². The first-order valence-electron chi connectivity index (χ1n) is 9.51. The number of amides is 1. The molecule has 1 heterocycles. The molecule has 0 aliphatic rings. The molecule has 0 aliphatic heterocycles. The third-order valence-electron chi connectivity index (χ3n) is 4.43. The summed E-state index contributed by atoms with van der Waals surface area (Å²) in [4.78, 5) is 29.5. The third kappa shape index (κ3) is 5.36. The fourth-order valence-electron chi connectivity index (χ4n) is 2.98. The topological polar surface area (TPSA) is 94.8 Å². The molecule has 1 amide bonds. The molecule has 1 aromatic heterocycles. The molecule has 0 atom stereocenters. The minimum absolute atomic E-state index is 0.0421. The van der Waals surface area contributed by atoms with Crippen LogP contribution in [0.4, 0.5) is 0 Å². The van der Waals surface area contributed by atoms with Gasteiger partial charge < -0.3 is 9.30 Å². The van der Waals surface area contributed by atoms with Gasteiger partial charge in [-0.15, -0.1) is 6.58 Å². The lowest BCUT2D eigenvalue weighted by Gasteiger charge is -2.03. The smallest absolute Gasteiger partial charge is 0.338 e. The van der Waals surface area contributed by atoms with Crippen molar-refractivity contribution in [1.29, 1.82) is 0 Å². The number of hydrogen-bond donors (Lipinski definition) is 0. The Morgan fingerprint density at radius 2 is 1.90 bits per heavy atom. The Balaban J connectivity index is 1.94. The van der Waals surface area contributed by atoms with Gasteiger partial charge in [0.2, 0.25) is 0 Å². The van der Waals surface area contributed by atoms with Crippen molar-refractivity contribution >= 4 is 43.3 Å². The number of ether oxygens (including phenoxy) is 1. The Labute approximate surface area is 184 Å².